The number of hydrogen-bond donors (Lipinski definition) is 1. The third kappa shape index (κ3) is 3.34. The van der Waals surface area contributed by atoms with E-state index in [9.17, 15) is 9.90 Å². The first-order valence-electron chi connectivity index (χ1n) is 6.03. The molecule has 0 aliphatic rings. The van der Waals surface area contributed by atoms with Crippen molar-refractivity contribution in [3.8, 4) is 5.75 Å². The minimum atomic E-state index is -0.294. The summed E-state index contributed by atoms with van der Waals surface area (Å²) in [5.41, 5.74) is 0.864. The van der Waals surface area contributed by atoms with E-state index in [0.29, 0.717) is 12.4 Å². The first kappa shape index (κ1) is 13.1. The molecule has 5 heteroatoms. The Morgan fingerprint density at radius 1 is 1.42 bits per heavy atom. The smallest absolute Gasteiger partial charge is 0.306 e. The highest BCUT2D eigenvalue weighted by molar-refractivity contribution is 5.71. The number of oxazole rings is 1. The van der Waals surface area contributed by atoms with E-state index in [1.165, 1.54) is 6.39 Å². The zero-order valence-electron chi connectivity index (χ0n) is 10.6. The molecule has 0 aliphatic carbocycles. The lowest BCUT2D eigenvalue weighted by Crippen LogP contribution is -2.11. The third-order valence-corrected chi connectivity index (χ3v) is 2.77. The standard InChI is InChI=1S/C14H15NO4/c1-2-18-14(17)7-12(13-8-15-9-19-13)10-3-5-11(16)6-4-10/h3-6,8-9,12,16H,2,7H2,1H3/t12-/m0/s1. The molecule has 0 aliphatic heterocycles. The summed E-state index contributed by atoms with van der Waals surface area (Å²) < 4.78 is 10.2. The first-order valence-corrected chi connectivity index (χ1v) is 6.03. The number of carbonyl (C=O) groups excluding carboxylic acids is 1. The van der Waals surface area contributed by atoms with Crippen LogP contribution in [0.1, 0.15) is 30.6 Å². The number of benzene rings is 1. The monoisotopic (exact) mass is 261 g/mol. The van der Waals surface area contributed by atoms with Crippen molar-refractivity contribution in [3.05, 3.63) is 48.2 Å². The molecule has 1 aromatic carbocycles. The van der Waals surface area contributed by atoms with E-state index in [0.717, 1.165) is 5.56 Å². The maximum Gasteiger partial charge on any atom is 0.306 e. The highest BCUT2D eigenvalue weighted by Gasteiger charge is 2.21. The first-order chi connectivity index (χ1) is 9.20. The number of nitrogens with zero attached hydrogens (tertiary/aromatic N) is 1. The summed E-state index contributed by atoms with van der Waals surface area (Å²) >= 11 is 0. The maximum absolute atomic E-state index is 11.7. The van der Waals surface area contributed by atoms with Crippen molar-refractivity contribution in [3.63, 3.8) is 0 Å². The number of ether oxygens (including phenoxy) is 1. The number of hydrogen-bond acceptors (Lipinski definition) is 5. The molecule has 0 bridgehead atoms. The number of aromatic hydroxyl groups is 1. The predicted molar refractivity (Wildman–Crippen MR) is 67.7 cm³/mol. The molecule has 0 fully saturated rings. The van der Waals surface area contributed by atoms with Crippen LogP contribution in [-0.4, -0.2) is 22.7 Å². The van der Waals surface area contributed by atoms with Crippen LogP contribution in [0, 0.1) is 0 Å². The topological polar surface area (TPSA) is 72.6 Å². The second kappa shape index (κ2) is 6.04. The molecule has 0 amide bonds. The average molecular weight is 261 g/mol. The fourth-order valence-corrected chi connectivity index (χ4v) is 1.87. The van der Waals surface area contributed by atoms with Gasteiger partial charge in [0, 0.05) is 0 Å². The number of phenolic OH excluding ortho intramolecular Hbond substituents is 1. The Labute approximate surface area is 110 Å². The average Bonchev–Trinajstić information content (AvgIpc) is 2.91. The van der Waals surface area contributed by atoms with Crippen LogP contribution in [0.15, 0.2) is 41.3 Å². The molecule has 19 heavy (non-hydrogen) atoms. The minimum absolute atomic E-state index is 0.174. The molecular formula is C14H15NO4. The Bertz CT molecular complexity index is 519. The molecule has 2 aromatic rings. The number of esters is 1. The van der Waals surface area contributed by atoms with Crippen LogP contribution in [0.3, 0.4) is 0 Å². The van der Waals surface area contributed by atoms with E-state index in [4.69, 9.17) is 9.15 Å². The van der Waals surface area contributed by atoms with Crippen LogP contribution in [0.4, 0.5) is 0 Å². The number of rotatable bonds is 5. The Balaban J connectivity index is 2.24. The summed E-state index contributed by atoms with van der Waals surface area (Å²) in [5, 5.41) is 9.31. The summed E-state index contributed by atoms with van der Waals surface area (Å²) in [4.78, 5) is 15.5. The van der Waals surface area contributed by atoms with Crippen molar-refractivity contribution in [1.29, 1.82) is 0 Å². The summed E-state index contributed by atoms with van der Waals surface area (Å²) in [6.07, 6.45) is 3.08. The SMILES string of the molecule is CCOC(=O)C[C@@H](c1ccc(O)cc1)c1cnco1. The zero-order chi connectivity index (χ0) is 13.7. The van der Waals surface area contributed by atoms with Crippen LogP contribution < -0.4 is 0 Å². The molecule has 1 aromatic heterocycles. The summed E-state index contributed by atoms with van der Waals surface area (Å²) in [6, 6.07) is 6.65. The number of phenols is 1. The van der Waals surface area contributed by atoms with Gasteiger partial charge in [0.25, 0.3) is 0 Å². The third-order valence-electron chi connectivity index (χ3n) is 2.77. The fourth-order valence-electron chi connectivity index (χ4n) is 1.87. The Kier molecular flexibility index (Phi) is 4.18. The normalized spacial score (nSPS) is 12.1. The molecule has 1 heterocycles. The summed E-state index contributed by atoms with van der Waals surface area (Å²) in [6.45, 7) is 2.11. The molecule has 0 radical (unpaired) electrons. The lowest BCUT2D eigenvalue weighted by Gasteiger charge is -2.13. The van der Waals surface area contributed by atoms with Gasteiger partial charge >= 0.3 is 5.97 Å². The Morgan fingerprint density at radius 2 is 2.16 bits per heavy atom. The molecule has 0 unspecified atom stereocenters. The van der Waals surface area contributed by atoms with Gasteiger partial charge in [-0.15, -0.1) is 0 Å². The van der Waals surface area contributed by atoms with Gasteiger partial charge in [-0.1, -0.05) is 12.1 Å². The van der Waals surface area contributed by atoms with Gasteiger partial charge in [0.2, 0.25) is 0 Å². The van der Waals surface area contributed by atoms with E-state index >= 15 is 0 Å². The molecule has 0 spiro atoms. The van der Waals surface area contributed by atoms with E-state index in [-0.39, 0.29) is 24.1 Å². The van der Waals surface area contributed by atoms with Crippen LogP contribution in [0.2, 0.25) is 0 Å². The van der Waals surface area contributed by atoms with Crippen LogP contribution >= 0.6 is 0 Å². The quantitative estimate of drug-likeness (QED) is 0.837. The van der Waals surface area contributed by atoms with Gasteiger partial charge in [-0.2, -0.15) is 0 Å². The summed E-state index contributed by atoms with van der Waals surface area (Å²) in [7, 11) is 0. The van der Waals surface area contributed by atoms with Gasteiger partial charge in [0.05, 0.1) is 25.1 Å². The molecule has 1 N–H and O–H groups in total. The Morgan fingerprint density at radius 3 is 2.74 bits per heavy atom. The fraction of sp³-hybridized carbons (Fsp3) is 0.286. The van der Waals surface area contributed by atoms with E-state index in [1.807, 2.05) is 0 Å². The van der Waals surface area contributed by atoms with Crippen LogP contribution in [0.5, 0.6) is 5.75 Å². The lowest BCUT2D eigenvalue weighted by molar-refractivity contribution is -0.143. The van der Waals surface area contributed by atoms with E-state index in [1.54, 1.807) is 37.4 Å². The van der Waals surface area contributed by atoms with Gasteiger partial charge < -0.3 is 14.3 Å². The van der Waals surface area contributed by atoms with Crippen molar-refractivity contribution in [2.75, 3.05) is 6.61 Å². The minimum Gasteiger partial charge on any atom is -0.508 e. The van der Waals surface area contributed by atoms with Gasteiger partial charge in [0.1, 0.15) is 11.5 Å². The number of aromatic nitrogens is 1. The highest BCUT2D eigenvalue weighted by atomic mass is 16.5. The largest absolute Gasteiger partial charge is 0.508 e. The molecule has 0 saturated heterocycles. The van der Waals surface area contributed by atoms with Crippen molar-refractivity contribution < 1.29 is 19.1 Å². The van der Waals surface area contributed by atoms with Crippen LogP contribution in [-0.2, 0) is 9.53 Å². The number of carbonyl (C=O) groups is 1. The molecule has 0 saturated carbocycles. The van der Waals surface area contributed by atoms with Gasteiger partial charge in [-0.05, 0) is 24.6 Å². The molecule has 5 nitrogen and oxygen atoms in total. The van der Waals surface area contributed by atoms with Gasteiger partial charge in [-0.3, -0.25) is 4.79 Å². The van der Waals surface area contributed by atoms with Gasteiger partial charge in [-0.25, -0.2) is 4.98 Å². The van der Waals surface area contributed by atoms with Crippen molar-refractivity contribution in [2.45, 2.75) is 19.3 Å². The molecular weight excluding hydrogens is 246 g/mol. The van der Waals surface area contributed by atoms with Crippen LogP contribution in [0.25, 0.3) is 0 Å². The molecule has 2 rings (SSSR count). The highest BCUT2D eigenvalue weighted by Crippen LogP contribution is 2.29. The van der Waals surface area contributed by atoms with Gasteiger partial charge in [0.15, 0.2) is 6.39 Å². The van der Waals surface area contributed by atoms with Crippen molar-refractivity contribution in [2.24, 2.45) is 0 Å². The van der Waals surface area contributed by atoms with Crippen molar-refractivity contribution in [1.82, 2.24) is 4.98 Å². The molecule has 1 atom stereocenters. The second-order valence-corrected chi connectivity index (χ2v) is 4.06. The molecule has 100 valence electrons. The van der Waals surface area contributed by atoms with Crippen molar-refractivity contribution >= 4 is 5.97 Å². The Hall–Kier alpha value is -2.30. The van der Waals surface area contributed by atoms with E-state index in [2.05, 4.69) is 4.98 Å². The lowest BCUT2D eigenvalue weighted by atomic mass is 9.93. The van der Waals surface area contributed by atoms with E-state index < -0.39 is 0 Å². The predicted octanol–water partition coefficient (Wildman–Crippen LogP) is 2.47. The summed E-state index contributed by atoms with van der Waals surface area (Å²) in [5.74, 6) is 0.217. The maximum atomic E-state index is 11.7. The second-order valence-electron chi connectivity index (χ2n) is 4.06. The zero-order valence-corrected chi connectivity index (χ0v) is 10.6.